The highest BCUT2D eigenvalue weighted by atomic mass is 32.1. The number of rotatable bonds is 5. The number of likely N-dealkylation sites (tertiary alicyclic amines) is 1. The molecule has 1 aliphatic rings. The van der Waals surface area contributed by atoms with E-state index >= 15 is 0 Å². The van der Waals surface area contributed by atoms with Crippen molar-refractivity contribution in [3.63, 3.8) is 0 Å². The topological polar surface area (TPSA) is 54.2 Å². The van der Waals surface area contributed by atoms with Crippen LogP contribution in [-0.4, -0.2) is 41.1 Å². The van der Waals surface area contributed by atoms with E-state index in [1.165, 1.54) is 32.4 Å². The molecule has 0 amide bonds. The zero-order valence-corrected chi connectivity index (χ0v) is 11.4. The van der Waals surface area contributed by atoms with Gasteiger partial charge in [-0.1, -0.05) is 18.6 Å². The molecule has 1 aromatic heterocycles. The first kappa shape index (κ1) is 13.2. The fraction of sp³-hybridized carbons (Fsp3) is 0.538. The quantitative estimate of drug-likeness (QED) is 0.791. The van der Waals surface area contributed by atoms with Crippen molar-refractivity contribution < 1.29 is 0 Å². The number of hydrogen-bond donors (Lipinski definition) is 2. The van der Waals surface area contributed by atoms with E-state index in [1.54, 1.807) is 6.20 Å². The largest absolute Gasteiger partial charge is 0.389 e. The molecule has 98 valence electrons. The molecule has 0 aromatic carbocycles. The van der Waals surface area contributed by atoms with Gasteiger partial charge >= 0.3 is 0 Å². The summed E-state index contributed by atoms with van der Waals surface area (Å²) in [5, 5.41) is 3.32. The second-order valence-electron chi connectivity index (χ2n) is 4.59. The summed E-state index contributed by atoms with van der Waals surface area (Å²) in [4.78, 5) is 7.16. The third kappa shape index (κ3) is 3.65. The first-order chi connectivity index (χ1) is 8.77. The van der Waals surface area contributed by atoms with Crippen LogP contribution in [-0.2, 0) is 0 Å². The SMILES string of the molecule is NC(=S)c1cccnc1NCCN1CCCCC1. The van der Waals surface area contributed by atoms with Gasteiger partial charge in [-0.3, -0.25) is 0 Å². The molecule has 1 fully saturated rings. The molecule has 2 rings (SSSR count). The molecule has 18 heavy (non-hydrogen) atoms. The molecule has 1 aromatic rings. The van der Waals surface area contributed by atoms with Gasteiger partial charge in [0.15, 0.2) is 0 Å². The molecular formula is C13H20N4S. The van der Waals surface area contributed by atoms with Crippen molar-refractivity contribution in [1.29, 1.82) is 0 Å². The van der Waals surface area contributed by atoms with Gasteiger partial charge < -0.3 is 16.0 Å². The molecular weight excluding hydrogens is 244 g/mol. The summed E-state index contributed by atoms with van der Waals surface area (Å²) in [5.74, 6) is 0.794. The highest BCUT2D eigenvalue weighted by Crippen LogP contribution is 2.11. The highest BCUT2D eigenvalue weighted by molar-refractivity contribution is 7.80. The molecule has 2 heterocycles. The standard InChI is InChI=1S/C13H20N4S/c14-12(18)11-5-4-6-15-13(11)16-7-10-17-8-2-1-3-9-17/h4-6H,1-3,7-10H2,(H2,14,18)(H,15,16). The monoisotopic (exact) mass is 264 g/mol. The van der Waals surface area contributed by atoms with Gasteiger partial charge in [0.1, 0.15) is 10.8 Å². The lowest BCUT2D eigenvalue weighted by Crippen LogP contribution is -2.34. The molecule has 0 aliphatic carbocycles. The van der Waals surface area contributed by atoms with E-state index in [1.807, 2.05) is 12.1 Å². The Morgan fingerprint density at radius 2 is 2.17 bits per heavy atom. The van der Waals surface area contributed by atoms with E-state index in [0.717, 1.165) is 24.5 Å². The Morgan fingerprint density at radius 3 is 2.89 bits per heavy atom. The second kappa shape index (κ2) is 6.66. The van der Waals surface area contributed by atoms with Gasteiger partial charge in [0.2, 0.25) is 0 Å². The second-order valence-corrected chi connectivity index (χ2v) is 5.03. The van der Waals surface area contributed by atoms with Crippen molar-refractivity contribution in [2.24, 2.45) is 5.73 Å². The van der Waals surface area contributed by atoms with E-state index in [-0.39, 0.29) is 0 Å². The van der Waals surface area contributed by atoms with Crippen LogP contribution in [0.3, 0.4) is 0 Å². The predicted molar refractivity (Wildman–Crippen MR) is 78.9 cm³/mol. The van der Waals surface area contributed by atoms with Crippen molar-refractivity contribution in [2.75, 3.05) is 31.5 Å². The number of thiocarbonyl (C=S) groups is 1. The molecule has 0 bridgehead atoms. The van der Waals surface area contributed by atoms with Crippen molar-refractivity contribution in [1.82, 2.24) is 9.88 Å². The van der Waals surface area contributed by atoms with Crippen LogP contribution in [0.5, 0.6) is 0 Å². The Hall–Kier alpha value is -1.20. The molecule has 0 saturated carbocycles. The fourth-order valence-corrected chi connectivity index (χ4v) is 2.43. The number of anilines is 1. The first-order valence-corrected chi connectivity index (χ1v) is 6.89. The Bertz CT molecular complexity index is 402. The first-order valence-electron chi connectivity index (χ1n) is 6.48. The maximum Gasteiger partial charge on any atom is 0.136 e. The van der Waals surface area contributed by atoms with Crippen LogP contribution in [0.4, 0.5) is 5.82 Å². The van der Waals surface area contributed by atoms with Gasteiger partial charge in [-0.05, 0) is 38.1 Å². The Labute approximate surface area is 114 Å². The Morgan fingerprint density at radius 1 is 1.39 bits per heavy atom. The number of pyridine rings is 1. The molecule has 0 atom stereocenters. The van der Waals surface area contributed by atoms with Gasteiger partial charge in [-0.2, -0.15) is 0 Å². The van der Waals surface area contributed by atoms with Crippen LogP contribution in [0.2, 0.25) is 0 Å². The Kier molecular flexibility index (Phi) is 4.90. The maximum absolute atomic E-state index is 5.67. The van der Waals surface area contributed by atoms with E-state index in [9.17, 15) is 0 Å². The number of piperidine rings is 1. The third-order valence-corrected chi connectivity index (χ3v) is 3.46. The van der Waals surface area contributed by atoms with Crippen LogP contribution >= 0.6 is 12.2 Å². The molecule has 4 nitrogen and oxygen atoms in total. The van der Waals surface area contributed by atoms with E-state index in [0.29, 0.717) is 4.99 Å². The maximum atomic E-state index is 5.67. The number of hydrogen-bond acceptors (Lipinski definition) is 4. The predicted octanol–water partition coefficient (Wildman–Crippen LogP) is 1.61. The van der Waals surface area contributed by atoms with Gasteiger partial charge in [-0.25, -0.2) is 4.98 Å². The summed E-state index contributed by atoms with van der Waals surface area (Å²) in [7, 11) is 0. The Balaban J connectivity index is 1.84. The average Bonchev–Trinajstić information content (AvgIpc) is 2.40. The molecule has 5 heteroatoms. The summed E-state index contributed by atoms with van der Waals surface area (Å²) in [5.41, 5.74) is 6.50. The van der Waals surface area contributed by atoms with Gasteiger partial charge in [-0.15, -0.1) is 0 Å². The zero-order chi connectivity index (χ0) is 12.8. The summed E-state index contributed by atoms with van der Waals surface area (Å²) in [6, 6.07) is 3.75. The molecule has 1 aliphatic heterocycles. The fourth-order valence-electron chi connectivity index (χ4n) is 2.26. The van der Waals surface area contributed by atoms with Crippen LogP contribution < -0.4 is 11.1 Å². The minimum absolute atomic E-state index is 0.392. The lowest BCUT2D eigenvalue weighted by atomic mass is 10.1. The number of aromatic nitrogens is 1. The molecule has 1 saturated heterocycles. The zero-order valence-electron chi connectivity index (χ0n) is 10.6. The van der Waals surface area contributed by atoms with Crippen LogP contribution in [0.1, 0.15) is 24.8 Å². The number of nitrogens with one attached hydrogen (secondary N) is 1. The lowest BCUT2D eigenvalue weighted by Gasteiger charge is -2.26. The summed E-state index contributed by atoms with van der Waals surface area (Å²) in [6.07, 6.45) is 5.77. The van der Waals surface area contributed by atoms with E-state index in [4.69, 9.17) is 18.0 Å². The number of nitrogens with two attached hydrogens (primary N) is 1. The number of nitrogens with zero attached hydrogens (tertiary/aromatic N) is 2. The van der Waals surface area contributed by atoms with Crippen LogP contribution in [0.15, 0.2) is 18.3 Å². The van der Waals surface area contributed by atoms with Gasteiger partial charge in [0, 0.05) is 19.3 Å². The normalized spacial score (nSPS) is 16.4. The van der Waals surface area contributed by atoms with Crippen molar-refractivity contribution in [3.05, 3.63) is 23.9 Å². The van der Waals surface area contributed by atoms with Crippen LogP contribution in [0, 0.1) is 0 Å². The smallest absolute Gasteiger partial charge is 0.136 e. The lowest BCUT2D eigenvalue weighted by molar-refractivity contribution is 0.237. The average molecular weight is 264 g/mol. The van der Waals surface area contributed by atoms with Crippen molar-refractivity contribution >= 4 is 23.0 Å². The van der Waals surface area contributed by atoms with E-state index in [2.05, 4.69) is 15.2 Å². The minimum atomic E-state index is 0.392. The minimum Gasteiger partial charge on any atom is -0.389 e. The molecule has 3 N–H and O–H groups in total. The van der Waals surface area contributed by atoms with Gasteiger partial charge in [0.05, 0.1) is 5.56 Å². The molecule has 0 radical (unpaired) electrons. The van der Waals surface area contributed by atoms with E-state index < -0.39 is 0 Å². The third-order valence-electron chi connectivity index (χ3n) is 3.24. The van der Waals surface area contributed by atoms with Gasteiger partial charge in [0.25, 0.3) is 0 Å². The highest BCUT2D eigenvalue weighted by Gasteiger charge is 2.10. The van der Waals surface area contributed by atoms with Crippen molar-refractivity contribution in [2.45, 2.75) is 19.3 Å². The molecule has 0 unspecified atom stereocenters. The molecule has 0 spiro atoms. The summed E-state index contributed by atoms with van der Waals surface area (Å²) >= 11 is 5.01. The van der Waals surface area contributed by atoms with Crippen LogP contribution in [0.25, 0.3) is 0 Å². The van der Waals surface area contributed by atoms with Crippen molar-refractivity contribution in [3.8, 4) is 0 Å². The summed E-state index contributed by atoms with van der Waals surface area (Å²) in [6.45, 7) is 4.36. The summed E-state index contributed by atoms with van der Waals surface area (Å²) < 4.78 is 0.